The number of fused-ring (bicyclic) bond motifs is 1. The Morgan fingerprint density at radius 2 is 2.21 bits per heavy atom. The topological polar surface area (TPSA) is 57.0 Å². The lowest BCUT2D eigenvalue weighted by Gasteiger charge is -2.13. The molecule has 0 unspecified atom stereocenters. The molecule has 0 bridgehead atoms. The molecule has 4 heteroatoms. The number of anilines is 1. The summed E-state index contributed by atoms with van der Waals surface area (Å²) in [6.45, 7) is 0. The molecule has 2 aromatic rings. The van der Waals surface area contributed by atoms with Crippen LogP contribution in [0.15, 0.2) is 36.7 Å². The van der Waals surface area contributed by atoms with Crippen molar-refractivity contribution < 1.29 is 4.79 Å². The van der Waals surface area contributed by atoms with Gasteiger partial charge in [-0.2, -0.15) is 5.26 Å². The van der Waals surface area contributed by atoms with E-state index in [1.165, 1.54) is 0 Å². The molecule has 3 rings (SSSR count). The largest absolute Gasteiger partial charge is 0.314 e. The molecule has 0 radical (unpaired) electrons. The number of hydrogen-bond donors (Lipinski definition) is 0. The Morgan fingerprint density at radius 1 is 1.37 bits per heavy atom. The average Bonchev–Trinajstić information content (AvgIpc) is 2.74. The first kappa shape index (κ1) is 11.4. The van der Waals surface area contributed by atoms with Gasteiger partial charge in [-0.15, -0.1) is 0 Å². The van der Waals surface area contributed by atoms with Crippen molar-refractivity contribution in [2.24, 2.45) is 0 Å². The van der Waals surface area contributed by atoms with E-state index in [9.17, 15) is 10.1 Å². The molecule has 0 saturated heterocycles. The zero-order valence-corrected chi connectivity index (χ0v) is 10.4. The van der Waals surface area contributed by atoms with E-state index < -0.39 is 0 Å². The van der Waals surface area contributed by atoms with Crippen LogP contribution >= 0.6 is 0 Å². The second-order valence-electron chi connectivity index (χ2n) is 4.51. The minimum absolute atomic E-state index is 0.0230. The van der Waals surface area contributed by atoms with Crippen LogP contribution in [0.25, 0.3) is 11.1 Å². The summed E-state index contributed by atoms with van der Waals surface area (Å²) in [6.07, 6.45) is 3.82. The highest BCUT2D eigenvalue weighted by Crippen LogP contribution is 2.35. The van der Waals surface area contributed by atoms with Crippen molar-refractivity contribution in [2.75, 3.05) is 11.9 Å². The van der Waals surface area contributed by atoms with Crippen LogP contribution in [0.4, 0.5) is 5.69 Å². The van der Waals surface area contributed by atoms with Gasteiger partial charge in [-0.05, 0) is 29.3 Å². The van der Waals surface area contributed by atoms with Crippen LogP contribution in [0.1, 0.15) is 11.1 Å². The average molecular weight is 249 g/mol. The van der Waals surface area contributed by atoms with Crippen molar-refractivity contribution in [1.82, 2.24) is 4.98 Å². The van der Waals surface area contributed by atoms with E-state index >= 15 is 0 Å². The number of carbonyl (C=O) groups is 1. The van der Waals surface area contributed by atoms with Gasteiger partial charge in [0.05, 0.1) is 17.7 Å². The molecular formula is C15H11N3O. The standard InChI is InChI=1S/C15H11N3O/c1-18-14(19)7-12-5-11(6-13(8-16)15(12)18)10-3-2-4-17-9-10/h2-6,9H,7H2,1H3. The lowest BCUT2D eigenvalue weighted by atomic mass is 9.99. The van der Waals surface area contributed by atoms with Gasteiger partial charge in [-0.3, -0.25) is 9.78 Å². The van der Waals surface area contributed by atoms with E-state index in [-0.39, 0.29) is 5.91 Å². The predicted octanol–water partition coefficient (Wildman–Crippen LogP) is 2.14. The van der Waals surface area contributed by atoms with E-state index in [4.69, 9.17) is 0 Å². The van der Waals surface area contributed by atoms with Crippen molar-refractivity contribution >= 4 is 11.6 Å². The minimum Gasteiger partial charge on any atom is -0.314 e. The number of nitriles is 1. The van der Waals surface area contributed by atoms with Gasteiger partial charge in [0.15, 0.2) is 0 Å². The third kappa shape index (κ3) is 1.76. The maximum atomic E-state index is 11.8. The Hall–Kier alpha value is -2.67. The number of nitrogens with zero attached hydrogens (tertiary/aromatic N) is 3. The molecule has 0 fully saturated rings. The molecule has 19 heavy (non-hydrogen) atoms. The van der Waals surface area contributed by atoms with Crippen LogP contribution in [-0.2, 0) is 11.2 Å². The van der Waals surface area contributed by atoms with Crippen molar-refractivity contribution in [3.05, 3.63) is 47.8 Å². The fourth-order valence-corrected chi connectivity index (χ4v) is 2.42. The van der Waals surface area contributed by atoms with Crippen molar-refractivity contribution in [3.8, 4) is 17.2 Å². The predicted molar refractivity (Wildman–Crippen MR) is 71.5 cm³/mol. The second-order valence-corrected chi connectivity index (χ2v) is 4.51. The SMILES string of the molecule is CN1C(=O)Cc2cc(-c3cccnc3)cc(C#N)c21. The number of rotatable bonds is 1. The highest BCUT2D eigenvalue weighted by atomic mass is 16.2. The van der Waals surface area contributed by atoms with E-state index in [1.54, 1.807) is 24.3 Å². The van der Waals surface area contributed by atoms with Crippen LogP contribution in [0.3, 0.4) is 0 Å². The highest BCUT2D eigenvalue weighted by Gasteiger charge is 2.27. The van der Waals surface area contributed by atoms with Crippen LogP contribution in [0.2, 0.25) is 0 Å². The summed E-state index contributed by atoms with van der Waals surface area (Å²) in [5.41, 5.74) is 4.05. The first-order chi connectivity index (χ1) is 9.20. The first-order valence-corrected chi connectivity index (χ1v) is 5.94. The van der Waals surface area contributed by atoms with Crippen molar-refractivity contribution in [3.63, 3.8) is 0 Å². The molecule has 0 spiro atoms. The number of pyridine rings is 1. The molecule has 92 valence electrons. The summed E-state index contributed by atoms with van der Waals surface area (Å²) in [7, 11) is 1.71. The minimum atomic E-state index is 0.0230. The quantitative estimate of drug-likeness (QED) is 0.778. The van der Waals surface area contributed by atoms with E-state index in [0.29, 0.717) is 12.0 Å². The number of aromatic nitrogens is 1. The molecule has 2 heterocycles. The molecule has 1 aliphatic heterocycles. The summed E-state index contributed by atoms with van der Waals surface area (Å²) >= 11 is 0. The van der Waals surface area contributed by atoms with Gasteiger partial charge in [-0.25, -0.2) is 0 Å². The number of benzene rings is 1. The van der Waals surface area contributed by atoms with Gasteiger partial charge in [0, 0.05) is 25.0 Å². The molecule has 0 N–H and O–H groups in total. The molecule has 0 aliphatic carbocycles. The molecule has 0 saturated carbocycles. The Labute approximate surface area is 110 Å². The van der Waals surface area contributed by atoms with Crippen LogP contribution in [-0.4, -0.2) is 17.9 Å². The molecule has 1 aromatic carbocycles. The number of likely N-dealkylation sites (N-methyl/N-ethyl adjacent to an activating group) is 1. The summed E-state index contributed by atoms with van der Waals surface area (Å²) in [5.74, 6) is 0.0230. The van der Waals surface area contributed by atoms with Gasteiger partial charge in [0.2, 0.25) is 5.91 Å². The Kier molecular flexibility index (Phi) is 2.53. The van der Waals surface area contributed by atoms with E-state index in [0.717, 1.165) is 22.4 Å². The number of carbonyl (C=O) groups excluding carboxylic acids is 1. The van der Waals surface area contributed by atoms with Crippen LogP contribution in [0.5, 0.6) is 0 Å². The fraction of sp³-hybridized carbons (Fsp3) is 0.133. The van der Waals surface area contributed by atoms with Crippen LogP contribution in [0, 0.1) is 11.3 Å². The normalized spacial score (nSPS) is 13.3. The Balaban J connectivity index is 2.20. The number of hydrogen-bond acceptors (Lipinski definition) is 3. The maximum absolute atomic E-state index is 11.8. The lowest BCUT2D eigenvalue weighted by Crippen LogP contribution is -2.21. The van der Waals surface area contributed by atoms with E-state index in [2.05, 4.69) is 11.1 Å². The van der Waals surface area contributed by atoms with Gasteiger partial charge in [0.25, 0.3) is 0 Å². The zero-order chi connectivity index (χ0) is 13.4. The van der Waals surface area contributed by atoms with Crippen molar-refractivity contribution in [2.45, 2.75) is 6.42 Å². The monoisotopic (exact) mass is 249 g/mol. The lowest BCUT2D eigenvalue weighted by molar-refractivity contribution is -0.117. The first-order valence-electron chi connectivity index (χ1n) is 5.94. The maximum Gasteiger partial charge on any atom is 0.231 e. The molecule has 4 nitrogen and oxygen atoms in total. The Bertz CT molecular complexity index is 701. The summed E-state index contributed by atoms with van der Waals surface area (Å²) < 4.78 is 0. The fourth-order valence-electron chi connectivity index (χ4n) is 2.42. The van der Waals surface area contributed by atoms with Gasteiger partial charge >= 0.3 is 0 Å². The molecule has 0 atom stereocenters. The third-order valence-electron chi connectivity index (χ3n) is 3.36. The molecule has 1 aromatic heterocycles. The van der Waals surface area contributed by atoms with Crippen LogP contribution < -0.4 is 4.90 Å². The highest BCUT2D eigenvalue weighted by molar-refractivity contribution is 6.03. The molecule has 1 amide bonds. The van der Waals surface area contributed by atoms with E-state index in [1.807, 2.05) is 24.3 Å². The summed E-state index contributed by atoms with van der Waals surface area (Å²) in [6, 6.07) is 9.75. The molecular weight excluding hydrogens is 238 g/mol. The van der Waals surface area contributed by atoms with Gasteiger partial charge in [0.1, 0.15) is 6.07 Å². The summed E-state index contributed by atoms with van der Waals surface area (Å²) in [4.78, 5) is 17.4. The zero-order valence-electron chi connectivity index (χ0n) is 10.4. The van der Waals surface area contributed by atoms with Crippen molar-refractivity contribution in [1.29, 1.82) is 5.26 Å². The Morgan fingerprint density at radius 3 is 2.89 bits per heavy atom. The number of amides is 1. The van der Waals surface area contributed by atoms with Gasteiger partial charge in [-0.1, -0.05) is 6.07 Å². The molecule has 1 aliphatic rings. The third-order valence-corrected chi connectivity index (χ3v) is 3.36. The summed E-state index contributed by atoms with van der Waals surface area (Å²) in [5, 5.41) is 9.27. The van der Waals surface area contributed by atoms with Gasteiger partial charge < -0.3 is 4.90 Å². The smallest absolute Gasteiger partial charge is 0.231 e. The second kappa shape index (κ2) is 4.21.